The maximum Gasteiger partial charge on any atom is 0.0547 e. The summed E-state index contributed by atoms with van der Waals surface area (Å²) in [6.07, 6.45) is 0. The highest BCUT2D eigenvalue weighted by Crippen LogP contribution is 2.37. The van der Waals surface area contributed by atoms with Crippen LogP contribution >= 0.6 is 11.3 Å². The number of para-hydroxylation sites is 2. The largest absolute Gasteiger partial charge is 0.356 e. The number of hydrogen-bond donors (Lipinski definition) is 1. The predicted molar refractivity (Wildman–Crippen MR) is 169 cm³/mol. The Labute approximate surface area is 230 Å². The third-order valence-electron chi connectivity index (χ3n) is 7.57. The number of rotatable bonds is 4. The molecule has 8 rings (SSSR count). The van der Waals surface area contributed by atoms with E-state index < -0.39 is 0 Å². The van der Waals surface area contributed by atoms with Crippen molar-refractivity contribution in [2.24, 2.45) is 0 Å². The summed E-state index contributed by atoms with van der Waals surface area (Å²) in [5.41, 5.74) is 8.22. The van der Waals surface area contributed by atoms with Gasteiger partial charge in [0.2, 0.25) is 0 Å². The molecule has 2 nitrogen and oxygen atoms in total. The fraction of sp³-hybridized carbons (Fsp3) is 0. The predicted octanol–water partition coefficient (Wildman–Crippen LogP) is 10.6. The SMILES string of the molecule is c1ccc(-n2c3ccccc3c3ccc(-c4ccc(Nc5ccc6sc7ccccc7c6c5)cc4)cc32)cc1. The molecule has 184 valence electrons. The van der Waals surface area contributed by atoms with E-state index in [2.05, 4.69) is 149 Å². The first-order valence-corrected chi connectivity index (χ1v) is 14.0. The molecule has 0 aliphatic heterocycles. The van der Waals surface area contributed by atoms with Crippen molar-refractivity contribution in [2.45, 2.75) is 0 Å². The molecule has 3 heteroatoms. The van der Waals surface area contributed by atoms with Gasteiger partial charge < -0.3 is 9.88 Å². The molecule has 0 saturated carbocycles. The van der Waals surface area contributed by atoms with Crippen LogP contribution in [0.5, 0.6) is 0 Å². The first-order chi connectivity index (χ1) is 19.3. The highest BCUT2D eigenvalue weighted by Gasteiger charge is 2.13. The van der Waals surface area contributed by atoms with Gasteiger partial charge in [-0.15, -0.1) is 11.3 Å². The number of benzene rings is 6. The van der Waals surface area contributed by atoms with Gasteiger partial charge in [-0.1, -0.05) is 78.9 Å². The smallest absolute Gasteiger partial charge is 0.0547 e. The van der Waals surface area contributed by atoms with E-state index in [1.165, 1.54) is 58.8 Å². The number of fused-ring (bicyclic) bond motifs is 6. The molecular formula is C36H24N2S. The van der Waals surface area contributed by atoms with Crippen LogP contribution < -0.4 is 5.32 Å². The molecule has 0 aliphatic carbocycles. The van der Waals surface area contributed by atoms with E-state index in [1.54, 1.807) is 0 Å². The van der Waals surface area contributed by atoms with Gasteiger partial charge in [0.15, 0.2) is 0 Å². The number of aromatic nitrogens is 1. The molecule has 8 aromatic rings. The van der Waals surface area contributed by atoms with E-state index in [9.17, 15) is 0 Å². The molecule has 0 amide bonds. The second kappa shape index (κ2) is 8.87. The minimum atomic E-state index is 1.08. The molecule has 0 aliphatic rings. The number of hydrogen-bond acceptors (Lipinski definition) is 2. The molecule has 6 aromatic carbocycles. The lowest BCUT2D eigenvalue weighted by Crippen LogP contribution is -1.93. The molecule has 0 unspecified atom stereocenters. The zero-order chi connectivity index (χ0) is 25.8. The first-order valence-electron chi connectivity index (χ1n) is 13.2. The van der Waals surface area contributed by atoms with E-state index in [0.29, 0.717) is 0 Å². The second-order valence-corrected chi connectivity index (χ2v) is 11.0. The fourth-order valence-electron chi connectivity index (χ4n) is 5.72. The summed E-state index contributed by atoms with van der Waals surface area (Å²) in [5.74, 6) is 0. The zero-order valence-corrected chi connectivity index (χ0v) is 22.0. The van der Waals surface area contributed by atoms with Gasteiger partial charge in [-0.2, -0.15) is 0 Å². The maximum atomic E-state index is 3.61. The van der Waals surface area contributed by atoms with Crippen LogP contribution in [0.15, 0.2) is 140 Å². The Balaban J connectivity index is 1.16. The summed E-state index contributed by atoms with van der Waals surface area (Å²) >= 11 is 1.85. The van der Waals surface area contributed by atoms with Crippen LogP contribution in [0.1, 0.15) is 0 Å². The van der Waals surface area contributed by atoms with Gasteiger partial charge in [-0.3, -0.25) is 0 Å². The minimum Gasteiger partial charge on any atom is -0.356 e. The maximum absolute atomic E-state index is 3.61. The van der Waals surface area contributed by atoms with Crippen molar-refractivity contribution in [3.05, 3.63) is 140 Å². The van der Waals surface area contributed by atoms with Crippen molar-refractivity contribution in [1.82, 2.24) is 4.57 Å². The van der Waals surface area contributed by atoms with E-state index in [1.807, 2.05) is 11.3 Å². The molecule has 2 aromatic heterocycles. The van der Waals surface area contributed by atoms with Crippen molar-refractivity contribution in [3.63, 3.8) is 0 Å². The Hall–Kier alpha value is -4.86. The summed E-state index contributed by atoms with van der Waals surface area (Å²) in [6.45, 7) is 0. The van der Waals surface area contributed by atoms with Gasteiger partial charge in [0.05, 0.1) is 11.0 Å². The number of anilines is 2. The Bertz CT molecular complexity index is 2130. The molecule has 39 heavy (non-hydrogen) atoms. The molecule has 0 fully saturated rings. The van der Waals surface area contributed by atoms with Gasteiger partial charge >= 0.3 is 0 Å². The number of nitrogens with one attached hydrogen (secondary N) is 1. The lowest BCUT2D eigenvalue weighted by Gasteiger charge is -2.10. The summed E-state index contributed by atoms with van der Waals surface area (Å²) in [5, 5.41) is 8.78. The van der Waals surface area contributed by atoms with Gasteiger partial charge in [-0.05, 0) is 71.8 Å². The summed E-state index contributed by atoms with van der Waals surface area (Å²) in [7, 11) is 0. The third kappa shape index (κ3) is 3.70. The molecule has 2 heterocycles. The number of thiophene rings is 1. The quantitative estimate of drug-likeness (QED) is 0.246. The first kappa shape index (κ1) is 22.2. The average Bonchev–Trinajstić information content (AvgIpc) is 3.53. The van der Waals surface area contributed by atoms with Crippen LogP contribution in [-0.2, 0) is 0 Å². The molecule has 0 spiro atoms. The van der Waals surface area contributed by atoms with Crippen molar-refractivity contribution in [3.8, 4) is 16.8 Å². The van der Waals surface area contributed by atoms with E-state index in [0.717, 1.165) is 11.4 Å². The standard InChI is InChI=1S/C36H24N2S/c1-2-8-28(9-3-1)38-33-12-6-4-10-29(33)30-20-16-25(22-34(30)38)24-14-17-26(18-15-24)37-27-19-21-36-32(23-27)31-11-5-7-13-35(31)39-36/h1-23,37H. The third-order valence-corrected chi connectivity index (χ3v) is 8.72. The Kier molecular flexibility index (Phi) is 5.04. The van der Waals surface area contributed by atoms with Crippen LogP contribution in [0.4, 0.5) is 11.4 Å². The lowest BCUT2D eigenvalue weighted by atomic mass is 10.0. The van der Waals surface area contributed by atoms with Crippen molar-refractivity contribution in [1.29, 1.82) is 0 Å². The van der Waals surface area contributed by atoms with Crippen LogP contribution in [0, 0.1) is 0 Å². The van der Waals surface area contributed by atoms with Crippen molar-refractivity contribution >= 4 is 64.7 Å². The molecule has 0 atom stereocenters. The molecule has 1 N–H and O–H groups in total. The van der Waals surface area contributed by atoms with Crippen LogP contribution in [0.2, 0.25) is 0 Å². The van der Waals surface area contributed by atoms with Crippen LogP contribution in [0.3, 0.4) is 0 Å². The number of nitrogens with zero attached hydrogens (tertiary/aromatic N) is 1. The monoisotopic (exact) mass is 516 g/mol. The molecule has 0 radical (unpaired) electrons. The van der Waals surface area contributed by atoms with E-state index in [-0.39, 0.29) is 0 Å². The molecule has 0 bridgehead atoms. The summed E-state index contributed by atoms with van der Waals surface area (Å²) in [4.78, 5) is 0. The lowest BCUT2D eigenvalue weighted by molar-refractivity contribution is 1.18. The minimum absolute atomic E-state index is 1.08. The summed E-state index contributed by atoms with van der Waals surface area (Å²) < 4.78 is 5.02. The zero-order valence-electron chi connectivity index (χ0n) is 21.1. The molecular weight excluding hydrogens is 492 g/mol. The average molecular weight is 517 g/mol. The van der Waals surface area contributed by atoms with Crippen molar-refractivity contribution in [2.75, 3.05) is 5.32 Å². The topological polar surface area (TPSA) is 17.0 Å². The van der Waals surface area contributed by atoms with Gasteiger partial charge in [0.1, 0.15) is 0 Å². The van der Waals surface area contributed by atoms with Gasteiger partial charge in [0.25, 0.3) is 0 Å². The highest BCUT2D eigenvalue weighted by molar-refractivity contribution is 7.25. The van der Waals surface area contributed by atoms with Gasteiger partial charge in [-0.25, -0.2) is 0 Å². The van der Waals surface area contributed by atoms with E-state index in [4.69, 9.17) is 0 Å². The van der Waals surface area contributed by atoms with E-state index >= 15 is 0 Å². The molecule has 0 saturated heterocycles. The van der Waals surface area contributed by atoms with Crippen molar-refractivity contribution < 1.29 is 0 Å². The normalized spacial score (nSPS) is 11.6. The Morgan fingerprint density at radius 3 is 1.97 bits per heavy atom. The van der Waals surface area contributed by atoms with Gasteiger partial charge in [0, 0.05) is 48.0 Å². The van der Waals surface area contributed by atoms with Crippen LogP contribution in [-0.4, -0.2) is 4.57 Å². The second-order valence-electron chi connectivity index (χ2n) is 9.93. The highest BCUT2D eigenvalue weighted by atomic mass is 32.1. The Morgan fingerprint density at radius 1 is 0.436 bits per heavy atom. The van der Waals surface area contributed by atoms with Crippen LogP contribution in [0.25, 0.3) is 58.8 Å². The fourth-order valence-corrected chi connectivity index (χ4v) is 6.81. The summed E-state index contributed by atoms with van der Waals surface area (Å²) in [6, 6.07) is 50.1. The Morgan fingerprint density at radius 2 is 1.10 bits per heavy atom.